The number of carbonyl (C=O) groups excluding carboxylic acids is 1. The summed E-state index contributed by atoms with van der Waals surface area (Å²) in [4.78, 5) is 14.8. The van der Waals surface area contributed by atoms with Crippen LogP contribution in [0.1, 0.15) is 40.0 Å². The van der Waals surface area contributed by atoms with Gasteiger partial charge in [0.15, 0.2) is 0 Å². The minimum atomic E-state index is -0.279. The van der Waals surface area contributed by atoms with E-state index >= 15 is 0 Å². The molecule has 1 aliphatic rings. The fourth-order valence-corrected chi connectivity index (χ4v) is 3.44. The maximum Gasteiger partial charge on any atom is 0.254 e. The van der Waals surface area contributed by atoms with Crippen molar-refractivity contribution in [2.75, 3.05) is 20.8 Å². The summed E-state index contributed by atoms with van der Waals surface area (Å²) in [6, 6.07) is 8.07. The molecule has 4 nitrogen and oxygen atoms in total. The molecule has 1 heterocycles. The van der Waals surface area contributed by atoms with Gasteiger partial charge in [-0.1, -0.05) is 6.07 Å². The van der Waals surface area contributed by atoms with Crippen molar-refractivity contribution >= 4 is 5.91 Å². The summed E-state index contributed by atoms with van der Waals surface area (Å²) in [6.45, 7) is 4.41. The Bertz CT molecular complexity index is 794. The second-order valence-electron chi connectivity index (χ2n) is 6.27. The Kier molecular flexibility index (Phi) is 4.66. The molecule has 1 aliphatic heterocycles. The van der Waals surface area contributed by atoms with Gasteiger partial charge in [-0.05, 0) is 55.7 Å². The maximum absolute atomic E-state index is 13.6. The molecular weight excluding hydrogens is 321 g/mol. The number of benzene rings is 2. The molecule has 0 bridgehead atoms. The summed E-state index contributed by atoms with van der Waals surface area (Å²) in [5.41, 5.74) is 3.31. The highest BCUT2D eigenvalue weighted by atomic mass is 19.1. The van der Waals surface area contributed by atoms with E-state index in [1.54, 1.807) is 37.3 Å². The number of methoxy groups -OCH3 is 2. The SMILES string of the molecule is COc1cc(C(=O)N2CCc3ccc(F)cc3C2C)cc(OC)c1C. The van der Waals surface area contributed by atoms with Gasteiger partial charge < -0.3 is 14.4 Å². The molecular formula is C20H22FNO3. The van der Waals surface area contributed by atoms with E-state index in [1.807, 2.05) is 13.8 Å². The van der Waals surface area contributed by atoms with E-state index in [9.17, 15) is 9.18 Å². The molecule has 0 saturated carbocycles. The Labute approximate surface area is 147 Å². The standard InChI is InChI=1S/C20H22FNO3/c1-12-18(24-3)9-15(10-19(12)25-4)20(23)22-8-7-14-5-6-16(21)11-17(14)13(22)2/h5-6,9-11,13H,7-8H2,1-4H3. The molecule has 0 radical (unpaired) electrons. The van der Waals surface area contributed by atoms with Crippen LogP contribution in [0.5, 0.6) is 11.5 Å². The van der Waals surface area contributed by atoms with Crippen LogP contribution in [0.3, 0.4) is 0 Å². The van der Waals surface area contributed by atoms with Crippen LogP contribution in [0.4, 0.5) is 4.39 Å². The third-order valence-electron chi connectivity index (χ3n) is 4.91. The second kappa shape index (κ2) is 6.75. The Hall–Kier alpha value is -2.56. The first kappa shape index (κ1) is 17.3. The van der Waals surface area contributed by atoms with Crippen LogP contribution >= 0.6 is 0 Å². The van der Waals surface area contributed by atoms with Gasteiger partial charge in [-0.2, -0.15) is 0 Å². The van der Waals surface area contributed by atoms with E-state index in [2.05, 4.69) is 0 Å². The van der Waals surface area contributed by atoms with Gasteiger partial charge in [0, 0.05) is 17.7 Å². The normalized spacial score (nSPS) is 16.4. The minimum absolute atomic E-state index is 0.112. The summed E-state index contributed by atoms with van der Waals surface area (Å²) in [7, 11) is 3.14. The Balaban J connectivity index is 1.96. The summed E-state index contributed by atoms with van der Waals surface area (Å²) in [5.74, 6) is 0.829. The predicted octanol–water partition coefficient (Wildman–Crippen LogP) is 3.91. The Morgan fingerprint density at radius 3 is 2.40 bits per heavy atom. The largest absolute Gasteiger partial charge is 0.496 e. The average molecular weight is 343 g/mol. The van der Waals surface area contributed by atoms with Crippen molar-refractivity contribution in [3.63, 3.8) is 0 Å². The molecule has 3 rings (SSSR count). The molecule has 2 aromatic carbocycles. The fourth-order valence-electron chi connectivity index (χ4n) is 3.44. The van der Waals surface area contributed by atoms with Crippen LogP contribution in [0.25, 0.3) is 0 Å². The molecule has 0 aromatic heterocycles. The smallest absolute Gasteiger partial charge is 0.254 e. The van der Waals surface area contributed by atoms with Gasteiger partial charge in [0.25, 0.3) is 5.91 Å². The van der Waals surface area contributed by atoms with Crippen molar-refractivity contribution < 1.29 is 18.7 Å². The lowest BCUT2D eigenvalue weighted by Crippen LogP contribution is -2.39. The number of hydrogen-bond donors (Lipinski definition) is 0. The lowest BCUT2D eigenvalue weighted by atomic mass is 9.92. The number of fused-ring (bicyclic) bond motifs is 1. The zero-order chi connectivity index (χ0) is 18.1. The molecule has 1 unspecified atom stereocenters. The molecule has 0 fully saturated rings. The summed E-state index contributed by atoms with van der Waals surface area (Å²) in [6.07, 6.45) is 0.714. The number of amides is 1. The monoisotopic (exact) mass is 343 g/mol. The quantitative estimate of drug-likeness (QED) is 0.848. The molecule has 1 amide bonds. The van der Waals surface area contributed by atoms with Crippen molar-refractivity contribution in [2.24, 2.45) is 0 Å². The summed E-state index contributed by atoms with van der Waals surface area (Å²) >= 11 is 0. The van der Waals surface area contributed by atoms with Gasteiger partial charge in [-0.3, -0.25) is 4.79 Å². The molecule has 5 heteroatoms. The van der Waals surface area contributed by atoms with E-state index < -0.39 is 0 Å². The molecule has 0 N–H and O–H groups in total. The van der Waals surface area contributed by atoms with Crippen molar-refractivity contribution in [1.29, 1.82) is 0 Å². The minimum Gasteiger partial charge on any atom is -0.496 e. The van der Waals surface area contributed by atoms with E-state index in [-0.39, 0.29) is 17.8 Å². The lowest BCUT2D eigenvalue weighted by molar-refractivity contribution is 0.0676. The lowest BCUT2D eigenvalue weighted by Gasteiger charge is -2.35. The summed E-state index contributed by atoms with van der Waals surface area (Å²) in [5, 5.41) is 0. The van der Waals surface area contributed by atoms with Crippen molar-refractivity contribution in [3.05, 3.63) is 58.4 Å². The Morgan fingerprint density at radius 1 is 1.16 bits per heavy atom. The number of halogens is 1. The highest BCUT2D eigenvalue weighted by Gasteiger charge is 2.29. The highest BCUT2D eigenvalue weighted by Crippen LogP contribution is 2.34. The highest BCUT2D eigenvalue weighted by molar-refractivity contribution is 5.95. The molecule has 1 atom stereocenters. The number of nitrogens with zero attached hydrogens (tertiary/aromatic N) is 1. The van der Waals surface area contributed by atoms with Gasteiger partial charge in [0.1, 0.15) is 17.3 Å². The zero-order valence-corrected chi connectivity index (χ0v) is 14.9. The van der Waals surface area contributed by atoms with Crippen LogP contribution in [0, 0.1) is 12.7 Å². The van der Waals surface area contributed by atoms with Crippen molar-refractivity contribution in [1.82, 2.24) is 4.90 Å². The van der Waals surface area contributed by atoms with Crippen LogP contribution in [-0.2, 0) is 6.42 Å². The van der Waals surface area contributed by atoms with E-state index in [0.717, 1.165) is 16.7 Å². The zero-order valence-electron chi connectivity index (χ0n) is 14.9. The number of carbonyl (C=O) groups is 1. The fraction of sp³-hybridized carbons (Fsp3) is 0.350. The van der Waals surface area contributed by atoms with Crippen LogP contribution in [-0.4, -0.2) is 31.6 Å². The van der Waals surface area contributed by atoms with E-state index in [0.29, 0.717) is 30.0 Å². The van der Waals surface area contributed by atoms with E-state index in [1.165, 1.54) is 12.1 Å². The maximum atomic E-state index is 13.6. The summed E-state index contributed by atoms with van der Waals surface area (Å²) < 4.78 is 24.4. The molecule has 132 valence electrons. The number of rotatable bonds is 3. The first-order valence-electron chi connectivity index (χ1n) is 8.28. The van der Waals surface area contributed by atoms with Gasteiger partial charge >= 0.3 is 0 Å². The molecule has 2 aromatic rings. The average Bonchev–Trinajstić information content (AvgIpc) is 2.62. The van der Waals surface area contributed by atoms with Crippen LogP contribution in [0.15, 0.2) is 30.3 Å². The molecule has 0 spiro atoms. The Morgan fingerprint density at radius 2 is 1.80 bits per heavy atom. The first-order chi connectivity index (χ1) is 12.0. The van der Waals surface area contributed by atoms with Crippen molar-refractivity contribution in [2.45, 2.75) is 26.3 Å². The third kappa shape index (κ3) is 3.06. The van der Waals surface area contributed by atoms with Gasteiger partial charge in [-0.25, -0.2) is 4.39 Å². The van der Waals surface area contributed by atoms with Gasteiger partial charge in [-0.15, -0.1) is 0 Å². The molecule has 0 saturated heterocycles. The van der Waals surface area contributed by atoms with Crippen molar-refractivity contribution in [3.8, 4) is 11.5 Å². The first-order valence-corrected chi connectivity index (χ1v) is 8.28. The van der Waals surface area contributed by atoms with Crippen LogP contribution < -0.4 is 9.47 Å². The number of ether oxygens (including phenoxy) is 2. The topological polar surface area (TPSA) is 38.8 Å². The predicted molar refractivity (Wildman–Crippen MR) is 93.8 cm³/mol. The molecule has 0 aliphatic carbocycles. The van der Waals surface area contributed by atoms with Gasteiger partial charge in [0.2, 0.25) is 0 Å². The van der Waals surface area contributed by atoms with Crippen LogP contribution in [0.2, 0.25) is 0 Å². The van der Waals surface area contributed by atoms with Gasteiger partial charge in [0.05, 0.1) is 20.3 Å². The second-order valence-corrected chi connectivity index (χ2v) is 6.27. The number of hydrogen-bond acceptors (Lipinski definition) is 3. The molecule has 25 heavy (non-hydrogen) atoms. The third-order valence-corrected chi connectivity index (χ3v) is 4.91. The van der Waals surface area contributed by atoms with E-state index in [4.69, 9.17) is 9.47 Å².